The molecule has 0 fully saturated rings. The number of nitrogens with one attached hydrogen (secondary N) is 1. The fraction of sp³-hybridized carbons (Fsp3) is 0.462. The summed E-state index contributed by atoms with van der Waals surface area (Å²) >= 11 is 5.96. The van der Waals surface area contributed by atoms with E-state index >= 15 is 0 Å². The van der Waals surface area contributed by atoms with Crippen molar-refractivity contribution in [2.75, 3.05) is 6.54 Å². The van der Waals surface area contributed by atoms with Gasteiger partial charge in [-0.25, -0.2) is 4.39 Å². The zero-order valence-electron chi connectivity index (χ0n) is 10.2. The van der Waals surface area contributed by atoms with E-state index in [-0.39, 0.29) is 11.9 Å². The Kier molecular flexibility index (Phi) is 4.50. The Morgan fingerprint density at radius 2 is 2.18 bits per heavy atom. The van der Waals surface area contributed by atoms with Crippen LogP contribution in [0.25, 0.3) is 0 Å². The number of hydrogen-bond donors (Lipinski definition) is 1. The van der Waals surface area contributed by atoms with Crippen LogP contribution < -0.4 is 5.32 Å². The quantitative estimate of drug-likeness (QED) is 0.890. The van der Waals surface area contributed by atoms with Gasteiger partial charge in [0.05, 0.1) is 11.5 Å². The van der Waals surface area contributed by atoms with Crippen LogP contribution in [0.2, 0.25) is 5.02 Å². The van der Waals surface area contributed by atoms with Crippen LogP contribution in [0, 0.1) is 22.6 Å². The minimum absolute atomic E-state index is 0.0178. The summed E-state index contributed by atoms with van der Waals surface area (Å²) in [6, 6.07) is 6.54. The van der Waals surface area contributed by atoms with Gasteiger partial charge in [0.2, 0.25) is 0 Å². The van der Waals surface area contributed by atoms with Gasteiger partial charge in [-0.3, -0.25) is 0 Å². The molecular formula is C13H16ClFN2. The maximum atomic E-state index is 12.9. The molecule has 92 valence electrons. The second-order valence-electron chi connectivity index (χ2n) is 4.76. The predicted molar refractivity (Wildman–Crippen MR) is 67.2 cm³/mol. The molecular weight excluding hydrogens is 239 g/mol. The number of hydrogen-bond acceptors (Lipinski definition) is 2. The van der Waals surface area contributed by atoms with Crippen molar-refractivity contribution in [3.05, 3.63) is 34.6 Å². The van der Waals surface area contributed by atoms with E-state index in [1.54, 1.807) is 6.07 Å². The molecule has 0 aliphatic rings. The molecule has 0 saturated heterocycles. The van der Waals surface area contributed by atoms with Gasteiger partial charge in [-0.1, -0.05) is 17.7 Å². The Bertz CT molecular complexity index is 438. The van der Waals surface area contributed by atoms with Crippen molar-refractivity contribution in [1.82, 2.24) is 5.32 Å². The number of nitrogens with zero attached hydrogens (tertiary/aromatic N) is 1. The minimum atomic E-state index is -0.430. The van der Waals surface area contributed by atoms with Gasteiger partial charge in [0, 0.05) is 17.6 Å². The van der Waals surface area contributed by atoms with E-state index in [0.29, 0.717) is 11.6 Å². The third-order valence-electron chi connectivity index (χ3n) is 2.58. The Hall–Kier alpha value is -1.11. The van der Waals surface area contributed by atoms with E-state index < -0.39 is 5.41 Å². The SMILES string of the molecule is CC(NCC(C)(C)C#N)c1ccc(F)cc1Cl. The summed E-state index contributed by atoms with van der Waals surface area (Å²) in [4.78, 5) is 0. The van der Waals surface area contributed by atoms with Gasteiger partial charge >= 0.3 is 0 Å². The maximum Gasteiger partial charge on any atom is 0.124 e. The van der Waals surface area contributed by atoms with Crippen LogP contribution in [0.4, 0.5) is 4.39 Å². The summed E-state index contributed by atoms with van der Waals surface area (Å²) < 4.78 is 12.9. The maximum absolute atomic E-state index is 12.9. The highest BCUT2D eigenvalue weighted by atomic mass is 35.5. The average Bonchev–Trinajstić information content (AvgIpc) is 2.26. The molecule has 0 saturated carbocycles. The molecule has 0 heterocycles. The molecule has 17 heavy (non-hydrogen) atoms. The largest absolute Gasteiger partial charge is 0.309 e. The average molecular weight is 255 g/mol. The molecule has 0 spiro atoms. The summed E-state index contributed by atoms with van der Waals surface area (Å²) in [6.07, 6.45) is 0. The van der Waals surface area contributed by atoms with Crippen molar-refractivity contribution >= 4 is 11.6 Å². The lowest BCUT2D eigenvalue weighted by Gasteiger charge is -2.21. The van der Waals surface area contributed by atoms with E-state index in [2.05, 4.69) is 11.4 Å². The third kappa shape index (κ3) is 3.99. The van der Waals surface area contributed by atoms with Crippen LogP contribution in [0.3, 0.4) is 0 Å². The lowest BCUT2D eigenvalue weighted by atomic mass is 9.95. The topological polar surface area (TPSA) is 35.8 Å². The van der Waals surface area contributed by atoms with Crippen LogP contribution in [0.5, 0.6) is 0 Å². The van der Waals surface area contributed by atoms with Crippen LogP contribution in [-0.2, 0) is 0 Å². The number of halogens is 2. The summed E-state index contributed by atoms with van der Waals surface area (Å²) in [5.41, 5.74) is 0.405. The number of nitriles is 1. The highest BCUT2D eigenvalue weighted by Crippen LogP contribution is 2.24. The second kappa shape index (κ2) is 5.48. The van der Waals surface area contributed by atoms with Crippen molar-refractivity contribution in [2.24, 2.45) is 5.41 Å². The smallest absolute Gasteiger partial charge is 0.124 e. The molecule has 2 nitrogen and oxygen atoms in total. The highest BCUT2D eigenvalue weighted by molar-refractivity contribution is 6.31. The molecule has 0 aliphatic heterocycles. The normalized spacial score (nSPS) is 13.2. The summed E-state index contributed by atoms with van der Waals surface area (Å²) in [7, 11) is 0. The zero-order chi connectivity index (χ0) is 13.1. The Balaban J connectivity index is 2.71. The van der Waals surface area contributed by atoms with Gasteiger partial charge < -0.3 is 5.32 Å². The molecule has 1 rings (SSSR count). The lowest BCUT2D eigenvalue weighted by molar-refractivity contribution is 0.415. The van der Waals surface area contributed by atoms with Crippen LogP contribution in [0.15, 0.2) is 18.2 Å². The zero-order valence-corrected chi connectivity index (χ0v) is 11.0. The molecule has 1 aromatic carbocycles. The van der Waals surface area contributed by atoms with Gasteiger partial charge in [-0.05, 0) is 38.5 Å². The van der Waals surface area contributed by atoms with Crippen molar-refractivity contribution in [1.29, 1.82) is 5.26 Å². The fourth-order valence-corrected chi connectivity index (χ4v) is 1.74. The first-order valence-electron chi connectivity index (χ1n) is 5.45. The van der Waals surface area contributed by atoms with Crippen molar-refractivity contribution in [3.8, 4) is 6.07 Å². The fourth-order valence-electron chi connectivity index (χ4n) is 1.41. The van der Waals surface area contributed by atoms with Gasteiger partial charge in [0.1, 0.15) is 5.82 Å². The molecule has 0 amide bonds. The molecule has 1 unspecified atom stereocenters. The first kappa shape index (κ1) is 14.0. The highest BCUT2D eigenvalue weighted by Gasteiger charge is 2.18. The van der Waals surface area contributed by atoms with Crippen LogP contribution in [0.1, 0.15) is 32.4 Å². The van der Waals surface area contributed by atoms with Gasteiger partial charge in [-0.2, -0.15) is 5.26 Å². The van der Waals surface area contributed by atoms with Crippen molar-refractivity contribution in [2.45, 2.75) is 26.8 Å². The molecule has 4 heteroatoms. The summed E-state index contributed by atoms with van der Waals surface area (Å²) in [5, 5.41) is 12.5. The number of rotatable bonds is 4. The second-order valence-corrected chi connectivity index (χ2v) is 5.17. The standard InChI is InChI=1S/C13H16ClFN2/c1-9(17-8-13(2,3)7-16)11-5-4-10(15)6-12(11)14/h4-6,9,17H,8H2,1-3H3. The molecule has 1 N–H and O–H groups in total. The van der Waals surface area contributed by atoms with Gasteiger partial charge in [0.15, 0.2) is 0 Å². The predicted octanol–water partition coefficient (Wildman–Crippen LogP) is 3.68. The van der Waals surface area contributed by atoms with E-state index in [1.807, 2.05) is 20.8 Å². The summed E-state index contributed by atoms with van der Waals surface area (Å²) in [5.74, 6) is -0.344. The third-order valence-corrected chi connectivity index (χ3v) is 2.91. The lowest BCUT2D eigenvalue weighted by Crippen LogP contribution is -2.30. The molecule has 1 aromatic rings. The Morgan fingerprint density at radius 3 is 2.71 bits per heavy atom. The van der Waals surface area contributed by atoms with E-state index in [4.69, 9.17) is 16.9 Å². The molecule has 1 atom stereocenters. The number of benzene rings is 1. The van der Waals surface area contributed by atoms with Crippen LogP contribution >= 0.6 is 11.6 Å². The molecule has 0 aromatic heterocycles. The minimum Gasteiger partial charge on any atom is -0.309 e. The van der Waals surface area contributed by atoms with E-state index in [0.717, 1.165) is 5.56 Å². The van der Waals surface area contributed by atoms with Crippen molar-refractivity contribution in [3.63, 3.8) is 0 Å². The van der Waals surface area contributed by atoms with E-state index in [1.165, 1.54) is 12.1 Å². The van der Waals surface area contributed by atoms with Gasteiger partial charge in [0.25, 0.3) is 0 Å². The monoisotopic (exact) mass is 254 g/mol. The molecule has 0 aliphatic carbocycles. The van der Waals surface area contributed by atoms with Crippen molar-refractivity contribution < 1.29 is 4.39 Å². The molecule has 0 radical (unpaired) electrons. The Labute approximate surface area is 106 Å². The first-order valence-corrected chi connectivity index (χ1v) is 5.83. The van der Waals surface area contributed by atoms with E-state index in [9.17, 15) is 4.39 Å². The summed E-state index contributed by atoms with van der Waals surface area (Å²) in [6.45, 7) is 6.21. The first-order chi connectivity index (χ1) is 7.85. The van der Waals surface area contributed by atoms with Crippen LogP contribution in [-0.4, -0.2) is 6.54 Å². The Morgan fingerprint density at radius 1 is 1.53 bits per heavy atom. The molecule has 0 bridgehead atoms. The van der Waals surface area contributed by atoms with Gasteiger partial charge in [-0.15, -0.1) is 0 Å².